The standard InChI is InChI=1S/C12H17N3O3S/c1-7-9(13)5-4-6-10(7)19(18)8(2)11(16)15-12(17)14-3/h4-6,8H,13H2,1-3H3,(H2,14,15,16,17). The van der Waals surface area contributed by atoms with E-state index >= 15 is 0 Å². The van der Waals surface area contributed by atoms with E-state index in [0.29, 0.717) is 16.1 Å². The molecule has 0 aliphatic heterocycles. The summed E-state index contributed by atoms with van der Waals surface area (Å²) < 4.78 is 12.3. The summed E-state index contributed by atoms with van der Waals surface area (Å²) in [5, 5.41) is 3.51. The number of carbonyl (C=O) groups is 2. The molecule has 1 aromatic carbocycles. The van der Waals surface area contributed by atoms with Crippen LogP contribution in [0.15, 0.2) is 23.1 Å². The maximum Gasteiger partial charge on any atom is 0.321 e. The molecule has 2 unspecified atom stereocenters. The molecule has 0 aliphatic carbocycles. The molecule has 0 aliphatic rings. The summed E-state index contributed by atoms with van der Waals surface area (Å²) in [5.41, 5.74) is 6.94. The molecule has 0 aromatic heterocycles. The first-order valence-corrected chi connectivity index (χ1v) is 6.88. The van der Waals surface area contributed by atoms with Crippen LogP contribution in [-0.2, 0) is 15.6 Å². The number of hydrogen-bond acceptors (Lipinski definition) is 4. The Morgan fingerprint density at radius 2 is 2.00 bits per heavy atom. The lowest BCUT2D eigenvalue weighted by Gasteiger charge is -2.13. The summed E-state index contributed by atoms with van der Waals surface area (Å²) in [7, 11) is -0.175. The largest absolute Gasteiger partial charge is 0.398 e. The number of nitrogen functional groups attached to an aromatic ring is 1. The minimum atomic E-state index is -1.57. The van der Waals surface area contributed by atoms with Crippen molar-refractivity contribution in [3.8, 4) is 0 Å². The van der Waals surface area contributed by atoms with E-state index in [1.165, 1.54) is 14.0 Å². The first kappa shape index (κ1) is 15.2. The first-order valence-electron chi connectivity index (χ1n) is 5.66. The van der Waals surface area contributed by atoms with Crippen LogP contribution in [0.5, 0.6) is 0 Å². The molecular weight excluding hydrogens is 266 g/mol. The monoisotopic (exact) mass is 283 g/mol. The van der Waals surface area contributed by atoms with Crippen LogP contribution >= 0.6 is 0 Å². The van der Waals surface area contributed by atoms with Crippen LogP contribution in [-0.4, -0.2) is 28.4 Å². The number of carbonyl (C=O) groups excluding carboxylic acids is 2. The Labute approximate surface area is 114 Å². The SMILES string of the molecule is CNC(=O)NC(=O)C(C)S(=O)c1cccc(N)c1C. The highest BCUT2D eigenvalue weighted by Gasteiger charge is 2.24. The van der Waals surface area contributed by atoms with Crippen molar-refractivity contribution in [2.45, 2.75) is 24.0 Å². The molecule has 0 bridgehead atoms. The fourth-order valence-electron chi connectivity index (χ4n) is 1.41. The maximum absolute atomic E-state index is 12.3. The molecule has 104 valence electrons. The number of urea groups is 1. The van der Waals surface area contributed by atoms with Gasteiger partial charge in [-0.2, -0.15) is 0 Å². The highest BCUT2D eigenvalue weighted by Crippen LogP contribution is 2.21. The van der Waals surface area contributed by atoms with Crippen molar-refractivity contribution in [1.29, 1.82) is 0 Å². The van der Waals surface area contributed by atoms with Gasteiger partial charge in [-0.05, 0) is 31.5 Å². The molecular formula is C12H17N3O3S. The third-order valence-electron chi connectivity index (χ3n) is 2.70. The molecule has 0 heterocycles. The molecule has 2 atom stereocenters. The fourth-order valence-corrected chi connectivity index (χ4v) is 2.68. The van der Waals surface area contributed by atoms with Gasteiger partial charge >= 0.3 is 6.03 Å². The van der Waals surface area contributed by atoms with Gasteiger partial charge in [0.25, 0.3) is 0 Å². The summed E-state index contributed by atoms with van der Waals surface area (Å²) in [6.07, 6.45) is 0. The Morgan fingerprint density at radius 1 is 1.37 bits per heavy atom. The van der Waals surface area contributed by atoms with Gasteiger partial charge in [0.2, 0.25) is 5.91 Å². The van der Waals surface area contributed by atoms with Crippen LogP contribution < -0.4 is 16.4 Å². The van der Waals surface area contributed by atoms with Gasteiger partial charge in [-0.25, -0.2) is 4.79 Å². The van der Waals surface area contributed by atoms with E-state index in [1.54, 1.807) is 25.1 Å². The third-order valence-corrected chi connectivity index (χ3v) is 4.43. The van der Waals surface area contributed by atoms with Crippen LogP contribution in [0.1, 0.15) is 12.5 Å². The van der Waals surface area contributed by atoms with E-state index in [0.717, 1.165) is 0 Å². The van der Waals surface area contributed by atoms with E-state index < -0.39 is 28.0 Å². The first-order chi connectivity index (χ1) is 8.88. The number of imide groups is 1. The van der Waals surface area contributed by atoms with Gasteiger partial charge in [0.05, 0.1) is 10.8 Å². The molecule has 4 N–H and O–H groups in total. The van der Waals surface area contributed by atoms with Crippen LogP contribution in [0, 0.1) is 6.92 Å². The third kappa shape index (κ3) is 3.54. The number of hydrogen-bond donors (Lipinski definition) is 3. The van der Waals surface area contributed by atoms with Crippen molar-refractivity contribution in [2.24, 2.45) is 0 Å². The van der Waals surface area contributed by atoms with Gasteiger partial charge in [0.1, 0.15) is 5.25 Å². The lowest BCUT2D eigenvalue weighted by Crippen LogP contribution is -2.43. The van der Waals surface area contributed by atoms with E-state index in [1.807, 2.05) is 0 Å². The quantitative estimate of drug-likeness (QED) is 0.704. The van der Waals surface area contributed by atoms with Crippen LogP contribution in [0.3, 0.4) is 0 Å². The lowest BCUT2D eigenvalue weighted by atomic mass is 10.2. The second-order valence-electron chi connectivity index (χ2n) is 3.98. The maximum atomic E-state index is 12.3. The predicted octanol–water partition coefficient (Wildman–Crippen LogP) is 0.529. The topological polar surface area (TPSA) is 101 Å². The number of benzene rings is 1. The zero-order valence-corrected chi connectivity index (χ0v) is 11.8. The Hall–Kier alpha value is -1.89. The second kappa shape index (κ2) is 6.33. The molecule has 0 fully saturated rings. The Balaban J connectivity index is 2.91. The minimum Gasteiger partial charge on any atom is -0.398 e. The van der Waals surface area contributed by atoms with Gasteiger partial charge < -0.3 is 11.1 Å². The average molecular weight is 283 g/mol. The van der Waals surface area contributed by atoms with Crippen LogP contribution in [0.2, 0.25) is 0 Å². The van der Waals surface area contributed by atoms with E-state index in [-0.39, 0.29) is 0 Å². The smallest absolute Gasteiger partial charge is 0.321 e. The normalized spacial score (nSPS) is 13.4. The molecule has 0 radical (unpaired) electrons. The van der Waals surface area contributed by atoms with Gasteiger partial charge in [-0.3, -0.25) is 14.3 Å². The molecule has 0 spiro atoms. The van der Waals surface area contributed by atoms with Crippen LogP contribution in [0.4, 0.5) is 10.5 Å². The molecule has 1 rings (SSSR count). The van der Waals surface area contributed by atoms with Gasteiger partial charge in [-0.1, -0.05) is 6.07 Å². The molecule has 7 heteroatoms. The number of nitrogens with two attached hydrogens (primary N) is 1. The average Bonchev–Trinajstić information content (AvgIpc) is 2.39. The van der Waals surface area contributed by atoms with Gasteiger partial charge in [-0.15, -0.1) is 0 Å². The van der Waals surface area contributed by atoms with E-state index in [2.05, 4.69) is 10.6 Å². The molecule has 6 nitrogen and oxygen atoms in total. The summed E-state index contributed by atoms with van der Waals surface area (Å²) in [6, 6.07) is 4.41. The Morgan fingerprint density at radius 3 is 2.58 bits per heavy atom. The molecule has 1 aromatic rings. The Bertz CT molecular complexity index is 531. The number of nitrogens with one attached hydrogen (secondary N) is 2. The van der Waals surface area contributed by atoms with E-state index in [9.17, 15) is 13.8 Å². The molecule has 0 saturated heterocycles. The summed E-state index contributed by atoms with van der Waals surface area (Å²) in [6.45, 7) is 3.24. The highest BCUT2D eigenvalue weighted by atomic mass is 32.2. The molecule has 19 heavy (non-hydrogen) atoms. The van der Waals surface area contributed by atoms with Crippen molar-refractivity contribution in [3.05, 3.63) is 23.8 Å². The molecule has 0 saturated carbocycles. The number of anilines is 1. The van der Waals surface area contributed by atoms with Gasteiger partial charge in [0, 0.05) is 17.6 Å². The highest BCUT2D eigenvalue weighted by molar-refractivity contribution is 7.86. The van der Waals surface area contributed by atoms with Crippen molar-refractivity contribution < 1.29 is 13.8 Å². The summed E-state index contributed by atoms with van der Waals surface area (Å²) in [5.74, 6) is -0.598. The van der Waals surface area contributed by atoms with Crippen molar-refractivity contribution in [1.82, 2.24) is 10.6 Å². The predicted molar refractivity (Wildman–Crippen MR) is 74.1 cm³/mol. The number of rotatable bonds is 3. The molecule has 3 amide bonds. The van der Waals surface area contributed by atoms with Crippen molar-refractivity contribution >= 4 is 28.4 Å². The lowest BCUT2D eigenvalue weighted by molar-refractivity contribution is -0.119. The summed E-state index contributed by atoms with van der Waals surface area (Å²) in [4.78, 5) is 23.3. The second-order valence-corrected chi connectivity index (χ2v) is 5.72. The summed E-state index contributed by atoms with van der Waals surface area (Å²) >= 11 is 0. The minimum absolute atomic E-state index is 0.500. The zero-order valence-electron chi connectivity index (χ0n) is 11.0. The Kier molecular flexibility index (Phi) is 5.05. The van der Waals surface area contributed by atoms with Crippen molar-refractivity contribution in [3.63, 3.8) is 0 Å². The zero-order chi connectivity index (χ0) is 14.6. The van der Waals surface area contributed by atoms with Crippen LogP contribution in [0.25, 0.3) is 0 Å². The van der Waals surface area contributed by atoms with E-state index in [4.69, 9.17) is 5.73 Å². The van der Waals surface area contributed by atoms with Gasteiger partial charge in [0.15, 0.2) is 0 Å². The fraction of sp³-hybridized carbons (Fsp3) is 0.333. The number of amides is 3. The van der Waals surface area contributed by atoms with Crippen molar-refractivity contribution in [2.75, 3.05) is 12.8 Å².